The molecule has 5 nitrogen and oxygen atoms in total. The molecule has 3 aromatic rings. The molecular weight excluding hydrogens is 254 g/mol. The summed E-state index contributed by atoms with van der Waals surface area (Å²) in [4.78, 5) is 19.1. The Kier molecular flexibility index (Phi) is 2.75. The van der Waals surface area contributed by atoms with E-state index in [0.717, 1.165) is 16.5 Å². The number of aryl methyl sites for hydroxylation is 2. The molecule has 0 spiro atoms. The molecule has 5 heteroatoms. The molecule has 1 aromatic carbocycles. The topological polar surface area (TPSA) is 68.0 Å². The Labute approximate surface area is 115 Å². The molecule has 0 fully saturated rings. The number of hydrogen-bond donors (Lipinski definition) is 1. The molecule has 0 unspecified atom stereocenters. The number of rotatable bonds is 2. The molecular formula is C15H13N3O2. The number of carboxylic acids is 1. The molecule has 1 N–H and O–H groups in total. The van der Waals surface area contributed by atoms with Gasteiger partial charge in [-0.2, -0.15) is 0 Å². The smallest absolute Gasteiger partial charge is 0.373 e. The van der Waals surface area contributed by atoms with Crippen molar-refractivity contribution in [1.29, 1.82) is 0 Å². The molecule has 0 saturated carbocycles. The van der Waals surface area contributed by atoms with Gasteiger partial charge in [-0.1, -0.05) is 18.2 Å². The first kappa shape index (κ1) is 12.3. The predicted octanol–water partition coefficient (Wildman–Crippen LogP) is 2.64. The van der Waals surface area contributed by atoms with Crippen LogP contribution in [0.5, 0.6) is 0 Å². The normalized spacial score (nSPS) is 10.9. The van der Waals surface area contributed by atoms with Crippen LogP contribution in [0, 0.1) is 6.92 Å². The summed E-state index contributed by atoms with van der Waals surface area (Å²) < 4.78 is 2.00. The fraction of sp³-hybridized carbons (Fsp3) is 0.133. The quantitative estimate of drug-likeness (QED) is 0.775. The van der Waals surface area contributed by atoms with Gasteiger partial charge in [0.2, 0.25) is 5.82 Å². The minimum Gasteiger partial charge on any atom is -0.475 e. The standard InChI is InChI=1S/C15H13N3O2/c1-9-7-12(17-14(16-9)15(19)20)11-8-18(2)13-6-4-3-5-10(11)13/h3-8H,1-2H3,(H,19,20). The van der Waals surface area contributed by atoms with Crippen LogP contribution in [-0.2, 0) is 7.05 Å². The monoisotopic (exact) mass is 267 g/mol. The molecule has 0 aliphatic heterocycles. The van der Waals surface area contributed by atoms with E-state index >= 15 is 0 Å². The van der Waals surface area contributed by atoms with Crippen molar-refractivity contribution >= 4 is 16.9 Å². The lowest BCUT2D eigenvalue weighted by Crippen LogP contribution is -2.06. The Bertz CT molecular complexity index is 821. The molecule has 0 atom stereocenters. The van der Waals surface area contributed by atoms with Crippen molar-refractivity contribution in [1.82, 2.24) is 14.5 Å². The number of para-hydroxylation sites is 1. The average molecular weight is 267 g/mol. The maximum Gasteiger partial charge on any atom is 0.373 e. The summed E-state index contributed by atoms with van der Waals surface area (Å²) in [6.07, 6.45) is 1.96. The first-order valence-electron chi connectivity index (χ1n) is 6.19. The highest BCUT2D eigenvalue weighted by atomic mass is 16.4. The van der Waals surface area contributed by atoms with E-state index in [1.165, 1.54) is 0 Å². The lowest BCUT2D eigenvalue weighted by Gasteiger charge is -2.02. The van der Waals surface area contributed by atoms with Gasteiger partial charge in [0, 0.05) is 35.4 Å². The van der Waals surface area contributed by atoms with Gasteiger partial charge in [0.15, 0.2) is 0 Å². The van der Waals surface area contributed by atoms with Gasteiger partial charge in [-0.05, 0) is 19.1 Å². The number of carboxylic acid groups (broad SMARTS) is 1. The van der Waals surface area contributed by atoms with E-state index in [4.69, 9.17) is 5.11 Å². The molecule has 0 bridgehead atoms. The zero-order valence-electron chi connectivity index (χ0n) is 11.2. The molecule has 0 aliphatic carbocycles. The maximum atomic E-state index is 11.1. The van der Waals surface area contributed by atoms with Crippen LogP contribution in [0.2, 0.25) is 0 Å². The molecule has 100 valence electrons. The average Bonchev–Trinajstić information content (AvgIpc) is 2.76. The Morgan fingerprint density at radius 1 is 1.25 bits per heavy atom. The van der Waals surface area contributed by atoms with Gasteiger partial charge in [0.05, 0.1) is 5.69 Å². The maximum absolute atomic E-state index is 11.1. The number of benzene rings is 1. The van der Waals surface area contributed by atoms with Crippen LogP contribution in [0.4, 0.5) is 0 Å². The summed E-state index contributed by atoms with van der Waals surface area (Å²) in [5, 5.41) is 10.1. The van der Waals surface area contributed by atoms with E-state index in [2.05, 4.69) is 9.97 Å². The largest absolute Gasteiger partial charge is 0.475 e. The summed E-state index contributed by atoms with van der Waals surface area (Å²) in [5.41, 5.74) is 3.26. The fourth-order valence-corrected chi connectivity index (χ4v) is 2.35. The second kappa shape index (κ2) is 4.45. The van der Waals surface area contributed by atoms with Gasteiger partial charge < -0.3 is 9.67 Å². The highest BCUT2D eigenvalue weighted by molar-refractivity contribution is 5.95. The van der Waals surface area contributed by atoms with Crippen molar-refractivity contribution in [3.05, 3.63) is 48.0 Å². The van der Waals surface area contributed by atoms with Crippen LogP contribution in [0.1, 0.15) is 16.3 Å². The van der Waals surface area contributed by atoms with Gasteiger partial charge in [-0.15, -0.1) is 0 Å². The zero-order chi connectivity index (χ0) is 14.3. The molecule has 2 heterocycles. The lowest BCUT2D eigenvalue weighted by atomic mass is 10.1. The third-order valence-corrected chi connectivity index (χ3v) is 3.22. The van der Waals surface area contributed by atoms with Gasteiger partial charge in [-0.25, -0.2) is 14.8 Å². The highest BCUT2D eigenvalue weighted by Crippen LogP contribution is 2.29. The first-order chi connectivity index (χ1) is 9.56. The van der Waals surface area contributed by atoms with Crippen molar-refractivity contribution in [3.63, 3.8) is 0 Å². The van der Waals surface area contributed by atoms with Crippen molar-refractivity contribution in [2.45, 2.75) is 6.92 Å². The number of hydrogen-bond acceptors (Lipinski definition) is 3. The summed E-state index contributed by atoms with van der Waals surface area (Å²) >= 11 is 0. The van der Waals surface area contributed by atoms with Crippen LogP contribution in [-0.4, -0.2) is 25.6 Å². The lowest BCUT2D eigenvalue weighted by molar-refractivity contribution is 0.0683. The number of carbonyl (C=O) groups is 1. The third kappa shape index (κ3) is 1.93. The van der Waals surface area contributed by atoms with E-state index < -0.39 is 5.97 Å². The van der Waals surface area contributed by atoms with Crippen molar-refractivity contribution in [2.75, 3.05) is 0 Å². The van der Waals surface area contributed by atoms with E-state index in [9.17, 15) is 4.79 Å². The summed E-state index contributed by atoms with van der Waals surface area (Å²) in [5.74, 6) is -1.29. The van der Waals surface area contributed by atoms with Crippen LogP contribution in [0.25, 0.3) is 22.2 Å². The fourth-order valence-electron chi connectivity index (χ4n) is 2.35. The SMILES string of the molecule is Cc1cc(-c2cn(C)c3ccccc23)nc(C(=O)O)n1. The Balaban J connectivity index is 2.28. The van der Waals surface area contributed by atoms with Crippen molar-refractivity contribution in [3.8, 4) is 11.3 Å². The van der Waals surface area contributed by atoms with Gasteiger partial charge in [0.25, 0.3) is 0 Å². The van der Waals surface area contributed by atoms with E-state index in [0.29, 0.717) is 11.4 Å². The minimum atomic E-state index is -1.12. The molecule has 0 saturated heterocycles. The Morgan fingerprint density at radius 2 is 2.00 bits per heavy atom. The number of aromatic nitrogens is 3. The van der Waals surface area contributed by atoms with Gasteiger partial charge in [0.1, 0.15) is 0 Å². The molecule has 0 radical (unpaired) electrons. The molecule has 0 amide bonds. The van der Waals surface area contributed by atoms with Crippen molar-refractivity contribution < 1.29 is 9.90 Å². The van der Waals surface area contributed by atoms with Crippen LogP contribution >= 0.6 is 0 Å². The minimum absolute atomic E-state index is 0.173. The zero-order valence-corrected chi connectivity index (χ0v) is 11.2. The van der Waals surface area contributed by atoms with Crippen LogP contribution in [0.3, 0.4) is 0 Å². The van der Waals surface area contributed by atoms with Crippen molar-refractivity contribution in [2.24, 2.45) is 7.05 Å². The number of aromatic carboxylic acids is 1. The molecule has 3 rings (SSSR count). The number of fused-ring (bicyclic) bond motifs is 1. The first-order valence-corrected chi connectivity index (χ1v) is 6.19. The summed E-state index contributed by atoms with van der Waals surface area (Å²) in [6, 6.07) is 9.75. The second-order valence-corrected chi connectivity index (χ2v) is 4.69. The van der Waals surface area contributed by atoms with Gasteiger partial charge in [-0.3, -0.25) is 0 Å². The van der Waals surface area contributed by atoms with E-state index in [1.807, 2.05) is 42.1 Å². The second-order valence-electron chi connectivity index (χ2n) is 4.69. The molecule has 20 heavy (non-hydrogen) atoms. The third-order valence-electron chi connectivity index (χ3n) is 3.22. The highest BCUT2D eigenvalue weighted by Gasteiger charge is 2.14. The van der Waals surface area contributed by atoms with E-state index in [1.54, 1.807) is 13.0 Å². The van der Waals surface area contributed by atoms with Gasteiger partial charge >= 0.3 is 5.97 Å². The number of nitrogens with zero attached hydrogens (tertiary/aromatic N) is 3. The predicted molar refractivity (Wildman–Crippen MR) is 75.6 cm³/mol. The van der Waals surface area contributed by atoms with Crippen LogP contribution in [0.15, 0.2) is 36.5 Å². The van der Waals surface area contributed by atoms with Crippen LogP contribution < -0.4 is 0 Å². The Hall–Kier alpha value is -2.69. The molecule has 2 aromatic heterocycles. The summed E-state index contributed by atoms with van der Waals surface area (Å²) in [6.45, 7) is 1.77. The van der Waals surface area contributed by atoms with E-state index in [-0.39, 0.29) is 5.82 Å². The summed E-state index contributed by atoms with van der Waals surface area (Å²) in [7, 11) is 1.96. The molecule has 0 aliphatic rings. The Morgan fingerprint density at radius 3 is 2.75 bits per heavy atom.